The first kappa shape index (κ1) is 15.2. The zero-order valence-corrected chi connectivity index (χ0v) is 12.7. The minimum Gasteiger partial charge on any atom is -0.497 e. The highest BCUT2D eigenvalue weighted by Gasteiger charge is 2.23. The quantitative estimate of drug-likeness (QED) is 0.782. The van der Waals surface area contributed by atoms with Crippen molar-refractivity contribution in [3.63, 3.8) is 0 Å². The van der Waals surface area contributed by atoms with E-state index in [1.165, 1.54) is 25.3 Å². The van der Waals surface area contributed by atoms with Gasteiger partial charge in [0, 0.05) is 10.0 Å². The minimum absolute atomic E-state index is 0.277. The first-order valence-corrected chi connectivity index (χ1v) is 6.89. The Morgan fingerprint density at radius 1 is 1.29 bits per heavy atom. The average molecular weight is 348 g/mol. The van der Waals surface area contributed by atoms with E-state index >= 15 is 0 Å². The van der Waals surface area contributed by atoms with Gasteiger partial charge in [-0.05, 0) is 51.8 Å². The first-order chi connectivity index (χ1) is 10.1. The molecule has 0 radical (unpaired) electrons. The van der Waals surface area contributed by atoms with Gasteiger partial charge < -0.3 is 4.74 Å². The van der Waals surface area contributed by atoms with E-state index in [0.29, 0.717) is 15.8 Å². The number of nitrogens with zero attached hydrogens (tertiary/aromatic N) is 1. The van der Waals surface area contributed by atoms with Gasteiger partial charge in [0.25, 0.3) is 0 Å². The Balaban J connectivity index is 2.36. The fourth-order valence-electron chi connectivity index (χ4n) is 1.93. The second-order valence-corrected chi connectivity index (χ2v) is 5.18. The maximum absolute atomic E-state index is 13.1. The molecule has 0 aliphatic carbocycles. The van der Waals surface area contributed by atoms with Gasteiger partial charge in [-0.1, -0.05) is 12.1 Å². The molecule has 1 atom stereocenters. The van der Waals surface area contributed by atoms with Gasteiger partial charge in [0.05, 0.1) is 13.2 Å². The van der Waals surface area contributed by atoms with Gasteiger partial charge >= 0.3 is 0 Å². The number of ether oxygens (including phenoxy) is 1. The first-order valence-electron chi connectivity index (χ1n) is 6.09. The number of benzene rings is 2. The number of hydrogen-bond acceptors (Lipinski definition) is 3. The number of methoxy groups -OCH3 is 1. The van der Waals surface area contributed by atoms with Gasteiger partial charge in [0.15, 0.2) is 5.78 Å². The van der Waals surface area contributed by atoms with E-state index < -0.39 is 11.7 Å². The van der Waals surface area contributed by atoms with Crippen LogP contribution in [0.15, 0.2) is 46.9 Å². The van der Waals surface area contributed by atoms with Crippen molar-refractivity contribution in [1.82, 2.24) is 0 Å². The van der Waals surface area contributed by atoms with Crippen molar-refractivity contribution >= 4 is 21.7 Å². The van der Waals surface area contributed by atoms with E-state index in [0.717, 1.165) is 0 Å². The molecule has 1 unspecified atom stereocenters. The van der Waals surface area contributed by atoms with Crippen molar-refractivity contribution < 1.29 is 13.9 Å². The van der Waals surface area contributed by atoms with Crippen LogP contribution in [0, 0.1) is 17.1 Å². The lowest BCUT2D eigenvalue weighted by Gasteiger charge is -2.11. The lowest BCUT2D eigenvalue weighted by atomic mass is 9.92. The summed E-state index contributed by atoms with van der Waals surface area (Å²) in [6.07, 6.45) is 0. The molecule has 0 bridgehead atoms. The number of carbonyl (C=O) groups is 1. The molecule has 0 heterocycles. The largest absolute Gasteiger partial charge is 0.497 e. The molecule has 0 spiro atoms. The van der Waals surface area contributed by atoms with Crippen LogP contribution in [-0.4, -0.2) is 12.9 Å². The lowest BCUT2D eigenvalue weighted by molar-refractivity contribution is 0.0978. The van der Waals surface area contributed by atoms with Crippen LogP contribution in [0.5, 0.6) is 5.75 Å². The number of halogens is 2. The van der Waals surface area contributed by atoms with E-state index in [2.05, 4.69) is 15.9 Å². The summed E-state index contributed by atoms with van der Waals surface area (Å²) in [5.41, 5.74) is 0.846. The molecule has 0 amide bonds. The van der Waals surface area contributed by atoms with E-state index in [1.54, 1.807) is 24.3 Å². The maximum Gasteiger partial charge on any atom is 0.185 e. The molecule has 0 aliphatic rings. The van der Waals surface area contributed by atoms with Crippen LogP contribution in [0.3, 0.4) is 0 Å². The minimum atomic E-state index is -0.947. The van der Waals surface area contributed by atoms with Crippen LogP contribution < -0.4 is 4.74 Å². The summed E-state index contributed by atoms with van der Waals surface area (Å²) in [4.78, 5) is 12.5. The Hall–Kier alpha value is -2.19. The van der Waals surface area contributed by atoms with Crippen molar-refractivity contribution in [2.45, 2.75) is 5.92 Å². The van der Waals surface area contributed by atoms with Crippen molar-refractivity contribution in [3.8, 4) is 11.8 Å². The van der Waals surface area contributed by atoms with Crippen molar-refractivity contribution in [1.29, 1.82) is 5.26 Å². The monoisotopic (exact) mass is 347 g/mol. The molecule has 2 rings (SSSR count). The van der Waals surface area contributed by atoms with E-state index in [4.69, 9.17) is 4.74 Å². The molecule has 5 heteroatoms. The number of carbonyl (C=O) groups excluding carboxylic acids is 1. The average Bonchev–Trinajstić information content (AvgIpc) is 2.48. The highest BCUT2D eigenvalue weighted by molar-refractivity contribution is 9.10. The van der Waals surface area contributed by atoms with Crippen LogP contribution >= 0.6 is 15.9 Å². The van der Waals surface area contributed by atoms with Crippen molar-refractivity contribution in [2.75, 3.05) is 7.11 Å². The Bertz CT molecular complexity index is 707. The summed E-state index contributed by atoms with van der Waals surface area (Å²) in [5.74, 6) is -1.13. The number of Topliss-reactive ketones (excluding diaryl/α,β-unsaturated/α-hetero) is 1. The number of ketones is 1. The van der Waals surface area contributed by atoms with Crippen molar-refractivity contribution in [2.24, 2.45) is 0 Å². The molecule has 0 fully saturated rings. The zero-order valence-electron chi connectivity index (χ0n) is 11.1. The smallest absolute Gasteiger partial charge is 0.185 e. The van der Waals surface area contributed by atoms with Crippen LogP contribution in [0.2, 0.25) is 0 Å². The molecular formula is C16H11BrFNO2. The molecule has 3 nitrogen and oxygen atoms in total. The van der Waals surface area contributed by atoms with E-state index in [-0.39, 0.29) is 11.3 Å². The lowest BCUT2D eigenvalue weighted by Crippen LogP contribution is -2.12. The summed E-state index contributed by atoms with van der Waals surface area (Å²) in [7, 11) is 1.54. The van der Waals surface area contributed by atoms with Crippen LogP contribution in [0.1, 0.15) is 21.8 Å². The SMILES string of the molecule is COc1ccc(C(C#N)C(=O)c2ccc(F)cc2Br)cc1. The summed E-state index contributed by atoms with van der Waals surface area (Å²) in [6.45, 7) is 0. The second-order valence-electron chi connectivity index (χ2n) is 4.32. The van der Waals surface area contributed by atoms with Gasteiger partial charge in [-0.3, -0.25) is 4.79 Å². The summed E-state index contributed by atoms with van der Waals surface area (Å²) in [6, 6.07) is 12.5. The molecule has 106 valence electrons. The number of rotatable bonds is 4. The van der Waals surface area contributed by atoms with Crippen LogP contribution in [0.4, 0.5) is 4.39 Å². The van der Waals surface area contributed by atoms with Gasteiger partial charge in [-0.25, -0.2) is 4.39 Å². The molecule has 0 aliphatic heterocycles. The zero-order chi connectivity index (χ0) is 15.4. The molecule has 0 saturated carbocycles. The van der Waals surface area contributed by atoms with Gasteiger partial charge in [0.2, 0.25) is 0 Å². The van der Waals surface area contributed by atoms with E-state index in [9.17, 15) is 14.4 Å². The Kier molecular flexibility index (Phi) is 4.71. The topological polar surface area (TPSA) is 50.1 Å². The molecule has 21 heavy (non-hydrogen) atoms. The summed E-state index contributed by atoms with van der Waals surface area (Å²) >= 11 is 3.15. The third-order valence-corrected chi connectivity index (χ3v) is 3.69. The molecule has 2 aromatic carbocycles. The predicted octanol–water partition coefficient (Wildman–Crippen LogP) is 4.09. The number of hydrogen-bond donors (Lipinski definition) is 0. The Labute approximate surface area is 130 Å². The number of nitriles is 1. The van der Waals surface area contributed by atoms with Crippen LogP contribution in [0.25, 0.3) is 0 Å². The highest BCUT2D eigenvalue weighted by Crippen LogP contribution is 2.27. The molecule has 0 saturated heterocycles. The predicted molar refractivity (Wildman–Crippen MR) is 79.8 cm³/mol. The maximum atomic E-state index is 13.1. The standard InChI is InChI=1S/C16H11BrFNO2/c1-21-12-5-2-10(3-6-12)14(9-19)16(20)13-7-4-11(18)8-15(13)17/h2-8,14H,1H3. The summed E-state index contributed by atoms with van der Waals surface area (Å²) < 4.78 is 18.5. The Morgan fingerprint density at radius 3 is 2.48 bits per heavy atom. The molecule has 0 aromatic heterocycles. The molecule has 0 N–H and O–H groups in total. The van der Waals surface area contributed by atoms with Crippen molar-refractivity contribution in [3.05, 3.63) is 63.9 Å². The second kappa shape index (κ2) is 6.51. The fraction of sp³-hybridized carbons (Fsp3) is 0.125. The highest BCUT2D eigenvalue weighted by atomic mass is 79.9. The third kappa shape index (κ3) is 3.29. The summed E-state index contributed by atoms with van der Waals surface area (Å²) in [5, 5.41) is 9.29. The van der Waals surface area contributed by atoms with Gasteiger partial charge in [0.1, 0.15) is 17.5 Å². The van der Waals surface area contributed by atoms with E-state index in [1.807, 2.05) is 6.07 Å². The fourth-order valence-corrected chi connectivity index (χ4v) is 2.47. The Morgan fingerprint density at radius 2 is 1.95 bits per heavy atom. The normalized spacial score (nSPS) is 11.5. The molecule has 2 aromatic rings. The third-order valence-electron chi connectivity index (χ3n) is 3.04. The molecular weight excluding hydrogens is 337 g/mol. The van der Waals surface area contributed by atoms with Gasteiger partial charge in [-0.2, -0.15) is 5.26 Å². The van der Waals surface area contributed by atoms with Crippen LogP contribution in [-0.2, 0) is 0 Å². The van der Waals surface area contributed by atoms with Gasteiger partial charge in [-0.15, -0.1) is 0 Å².